The molecule has 4 heterocycles. The molecule has 1 radical (unpaired) electrons. The van der Waals surface area contributed by atoms with Crippen LogP contribution in [0.15, 0.2) is 48.7 Å². The van der Waals surface area contributed by atoms with Crippen LogP contribution in [-0.4, -0.2) is 90.2 Å². The fraction of sp³-hybridized carbons (Fsp3) is 0.400. The van der Waals surface area contributed by atoms with E-state index in [0.29, 0.717) is 42.5 Å². The van der Waals surface area contributed by atoms with Crippen LogP contribution in [0.2, 0.25) is 0 Å². The lowest BCUT2D eigenvalue weighted by Crippen LogP contribution is -2.44. The number of piperazine rings is 1. The van der Waals surface area contributed by atoms with Crippen LogP contribution in [0.25, 0.3) is 22.2 Å². The number of nitrogens with zero attached hydrogens (tertiary/aromatic N) is 5. The van der Waals surface area contributed by atoms with Crippen LogP contribution in [-0.2, 0) is 10.0 Å². The Balaban J connectivity index is 1.18. The number of hydrogen-bond acceptors (Lipinski definition) is 8. The zero-order valence-corrected chi connectivity index (χ0v) is 24.3. The molecule has 3 aliphatic rings. The normalized spacial score (nSPS) is 20.3. The second-order valence-corrected chi connectivity index (χ2v) is 13.7. The van der Waals surface area contributed by atoms with Crippen molar-refractivity contribution in [3.8, 4) is 11.1 Å². The van der Waals surface area contributed by atoms with Gasteiger partial charge in [0.05, 0.1) is 10.6 Å². The molecule has 0 unspecified atom stereocenters. The highest BCUT2D eigenvalue weighted by Gasteiger charge is 2.42. The Morgan fingerprint density at radius 3 is 2.55 bits per heavy atom. The van der Waals surface area contributed by atoms with Gasteiger partial charge in [-0.15, -0.1) is 0 Å². The minimum atomic E-state index is -3.25. The van der Waals surface area contributed by atoms with Gasteiger partial charge in [0.25, 0.3) is 0 Å². The molecular weight excluding hydrogens is 555 g/mol. The third kappa shape index (κ3) is 5.41. The van der Waals surface area contributed by atoms with E-state index in [2.05, 4.69) is 50.7 Å². The Labute approximate surface area is 245 Å². The van der Waals surface area contributed by atoms with Crippen LogP contribution >= 0.6 is 0 Å². The van der Waals surface area contributed by atoms with Crippen molar-refractivity contribution in [2.24, 2.45) is 0 Å². The van der Waals surface area contributed by atoms with Crippen molar-refractivity contribution in [3.05, 3.63) is 60.5 Å². The van der Waals surface area contributed by atoms with E-state index >= 15 is 0 Å². The lowest BCUT2D eigenvalue weighted by atomic mass is 10.1. The summed E-state index contributed by atoms with van der Waals surface area (Å²) in [5, 5.41) is 7.33. The number of rotatable bonds is 8. The van der Waals surface area contributed by atoms with Gasteiger partial charge in [-0.3, -0.25) is 0 Å². The third-order valence-electron chi connectivity index (χ3n) is 8.40. The van der Waals surface area contributed by atoms with Crippen molar-refractivity contribution in [3.63, 3.8) is 0 Å². The molecule has 42 heavy (non-hydrogen) atoms. The molecule has 4 aromatic rings. The summed E-state index contributed by atoms with van der Waals surface area (Å²) in [5.74, 6) is 0.516. The zero-order chi connectivity index (χ0) is 28.8. The Morgan fingerprint density at radius 1 is 1.02 bits per heavy atom. The molecule has 10 nitrogen and oxygen atoms in total. The van der Waals surface area contributed by atoms with Crippen LogP contribution < -0.4 is 15.5 Å². The summed E-state index contributed by atoms with van der Waals surface area (Å²) in [6.45, 7) is 4.95. The van der Waals surface area contributed by atoms with Gasteiger partial charge in [-0.1, -0.05) is 12.1 Å². The molecule has 0 spiro atoms. The second kappa shape index (κ2) is 10.8. The molecule has 12 heteroatoms. The smallest absolute Gasteiger partial charge is 0.231 e. The van der Waals surface area contributed by atoms with Crippen LogP contribution in [0.1, 0.15) is 19.3 Å². The Bertz CT molecular complexity index is 1700. The summed E-state index contributed by atoms with van der Waals surface area (Å²) in [6.07, 6.45) is 3.95. The van der Waals surface area contributed by atoms with Gasteiger partial charge in [0.1, 0.15) is 17.3 Å². The van der Waals surface area contributed by atoms with Crippen LogP contribution in [0, 0.1) is 11.9 Å². The van der Waals surface area contributed by atoms with Gasteiger partial charge < -0.3 is 25.4 Å². The number of anilines is 4. The number of H-pyrrole nitrogens is 1. The van der Waals surface area contributed by atoms with Crippen LogP contribution in [0.3, 0.4) is 0 Å². The van der Waals surface area contributed by atoms with Gasteiger partial charge >= 0.3 is 0 Å². The molecule has 2 aromatic carbocycles. The molecule has 2 saturated heterocycles. The van der Waals surface area contributed by atoms with Crippen molar-refractivity contribution in [2.45, 2.75) is 30.6 Å². The predicted molar refractivity (Wildman–Crippen MR) is 163 cm³/mol. The first kappa shape index (κ1) is 27.1. The van der Waals surface area contributed by atoms with E-state index in [1.807, 2.05) is 12.1 Å². The van der Waals surface area contributed by atoms with E-state index in [1.165, 1.54) is 11.8 Å². The summed E-state index contributed by atoms with van der Waals surface area (Å²) >= 11 is 0. The van der Waals surface area contributed by atoms with E-state index < -0.39 is 15.8 Å². The van der Waals surface area contributed by atoms with Crippen LogP contribution in [0.4, 0.5) is 27.5 Å². The van der Waals surface area contributed by atoms with Crippen LogP contribution in [0.5, 0.6) is 0 Å². The van der Waals surface area contributed by atoms with Crippen molar-refractivity contribution in [1.82, 2.24) is 24.2 Å². The summed E-state index contributed by atoms with van der Waals surface area (Å²) in [5.41, 5.74) is 4.05. The standard InChI is InChI=1S/C30H34FN8O2S/c1-37-13-15-38(16-14-37)24-7-5-22(6-8-24)34-30-35-28-27(26(18-32-28)20-3-2-4-21(31)17-20)29(36-30)33-23-11-12-39(19-23)42(40,41)25-9-10-25/h2-3,5-8,17-18,23,25H,9-16,19H2,1H3,(H3,32,33,34,35,36)/t23-/m0/s1. The maximum Gasteiger partial charge on any atom is 0.231 e. The average molecular weight is 590 g/mol. The monoisotopic (exact) mass is 589 g/mol. The van der Waals surface area contributed by atoms with Gasteiger partial charge in [-0.25, -0.2) is 12.8 Å². The fourth-order valence-electron chi connectivity index (χ4n) is 5.82. The van der Waals surface area contributed by atoms with Crippen molar-refractivity contribution < 1.29 is 12.8 Å². The Hall–Kier alpha value is -3.74. The van der Waals surface area contributed by atoms with Gasteiger partial charge in [-0.2, -0.15) is 14.3 Å². The number of benzene rings is 2. The molecule has 2 aliphatic heterocycles. The van der Waals surface area contributed by atoms with Gasteiger partial charge in [0.2, 0.25) is 16.0 Å². The first-order valence-corrected chi connectivity index (χ1v) is 16.0. The van der Waals surface area contributed by atoms with Gasteiger partial charge in [0, 0.05) is 74.5 Å². The maximum atomic E-state index is 14.1. The average Bonchev–Trinajstić information content (AvgIpc) is 3.60. The van der Waals surface area contributed by atoms with Crippen molar-refractivity contribution in [2.75, 3.05) is 61.8 Å². The molecule has 1 atom stereocenters. The quantitative estimate of drug-likeness (QED) is 0.283. The molecule has 0 amide bonds. The van der Waals surface area contributed by atoms with E-state index in [1.54, 1.807) is 22.6 Å². The van der Waals surface area contributed by atoms with Crippen molar-refractivity contribution in [1.29, 1.82) is 0 Å². The number of sulfonamides is 1. The Kier molecular flexibility index (Phi) is 6.99. The zero-order valence-electron chi connectivity index (χ0n) is 23.5. The number of nitrogens with one attached hydrogen (secondary N) is 3. The maximum absolute atomic E-state index is 14.1. The Morgan fingerprint density at radius 2 is 1.81 bits per heavy atom. The second-order valence-electron chi connectivity index (χ2n) is 11.4. The molecule has 1 saturated carbocycles. The lowest BCUT2D eigenvalue weighted by molar-refractivity contribution is 0.313. The SMILES string of the molecule is CN1CCN(c2ccc(Nc3nc(N[C@H]4CCN(S(=O)(=O)C5CC5)C4)c4c(-c5cc[c]c(F)c5)c[nH]c4n3)cc2)CC1. The number of hydrogen-bond donors (Lipinski definition) is 3. The fourth-order valence-corrected chi connectivity index (χ4v) is 7.72. The van der Waals surface area contributed by atoms with Gasteiger partial charge in [0.15, 0.2) is 0 Å². The molecule has 2 aromatic heterocycles. The summed E-state index contributed by atoms with van der Waals surface area (Å²) < 4.78 is 41.4. The number of aromatic amines is 1. The minimum absolute atomic E-state index is 0.115. The van der Waals surface area contributed by atoms with Gasteiger partial charge in [-0.05, 0) is 62.2 Å². The number of likely N-dealkylation sites (N-methyl/N-ethyl adjacent to an activating group) is 1. The number of aromatic nitrogens is 3. The third-order valence-corrected chi connectivity index (χ3v) is 10.8. The first-order valence-electron chi connectivity index (χ1n) is 14.5. The highest BCUT2D eigenvalue weighted by molar-refractivity contribution is 7.90. The number of halogens is 1. The van der Waals surface area contributed by atoms with E-state index in [-0.39, 0.29) is 11.3 Å². The minimum Gasteiger partial charge on any atom is -0.369 e. The highest BCUT2D eigenvalue weighted by Crippen LogP contribution is 2.36. The first-order chi connectivity index (χ1) is 20.3. The van der Waals surface area contributed by atoms with E-state index in [4.69, 9.17) is 9.97 Å². The largest absolute Gasteiger partial charge is 0.369 e. The molecule has 219 valence electrons. The molecular formula is C30H34FN8O2S. The molecule has 3 fully saturated rings. The number of fused-ring (bicyclic) bond motifs is 1. The van der Waals surface area contributed by atoms with E-state index in [0.717, 1.165) is 55.7 Å². The molecule has 1 aliphatic carbocycles. The summed E-state index contributed by atoms with van der Waals surface area (Å²) in [4.78, 5) is 17.5. The summed E-state index contributed by atoms with van der Waals surface area (Å²) in [7, 11) is -1.10. The predicted octanol–water partition coefficient (Wildman–Crippen LogP) is 4.04. The lowest BCUT2D eigenvalue weighted by Gasteiger charge is -2.34. The molecule has 7 rings (SSSR count). The highest BCUT2D eigenvalue weighted by atomic mass is 32.2. The molecule has 3 N–H and O–H groups in total. The topological polar surface area (TPSA) is 109 Å². The van der Waals surface area contributed by atoms with E-state index in [9.17, 15) is 12.8 Å². The van der Waals surface area contributed by atoms with Crippen molar-refractivity contribution >= 4 is 44.2 Å². The summed E-state index contributed by atoms with van der Waals surface area (Å²) in [6, 6.07) is 15.5. The molecule has 0 bridgehead atoms.